The lowest BCUT2D eigenvalue weighted by atomic mass is 9.98. The Hall–Kier alpha value is -1.03. The number of nitro groups is 1. The van der Waals surface area contributed by atoms with E-state index in [0.29, 0.717) is 18.6 Å². The highest BCUT2D eigenvalue weighted by Gasteiger charge is 2.23. The Kier molecular flexibility index (Phi) is 6.92. The highest BCUT2D eigenvalue weighted by molar-refractivity contribution is 7.42. The third-order valence-electron chi connectivity index (χ3n) is 2.84. The van der Waals surface area contributed by atoms with Crippen LogP contribution in [-0.4, -0.2) is 23.5 Å². The van der Waals surface area contributed by atoms with Crippen molar-refractivity contribution < 1.29 is 9.49 Å². The Morgan fingerprint density at radius 3 is 2.53 bits per heavy atom. The predicted octanol–water partition coefficient (Wildman–Crippen LogP) is 3.66. The van der Waals surface area contributed by atoms with Crippen LogP contribution in [-0.2, 0) is 4.57 Å². The highest BCUT2D eigenvalue weighted by Crippen LogP contribution is 2.30. The number of nitrogens with one attached hydrogen (secondary N) is 1. The molecule has 0 spiro atoms. The maximum atomic E-state index is 11.8. The first kappa shape index (κ1) is 16.0. The number of nitrogens with zero attached hydrogens (tertiary/aromatic N) is 1. The number of non-ortho nitro benzene ring substituents is 1. The number of nitro benzene ring substituents is 1. The van der Waals surface area contributed by atoms with Crippen molar-refractivity contribution in [1.82, 2.24) is 5.09 Å². The van der Waals surface area contributed by atoms with E-state index in [-0.39, 0.29) is 11.6 Å². The van der Waals surface area contributed by atoms with E-state index in [9.17, 15) is 14.7 Å². The van der Waals surface area contributed by atoms with E-state index in [0.717, 1.165) is 12.0 Å². The third-order valence-corrected chi connectivity index (χ3v) is 4.37. The quantitative estimate of drug-likeness (QED) is 0.344. The van der Waals surface area contributed by atoms with Crippen LogP contribution in [0.4, 0.5) is 5.69 Å². The van der Waals surface area contributed by atoms with E-state index < -0.39 is 12.9 Å². The summed E-state index contributed by atoms with van der Waals surface area (Å²) in [6.07, 6.45) is 1.35. The van der Waals surface area contributed by atoms with Crippen LogP contribution < -0.4 is 5.09 Å². The maximum Gasteiger partial charge on any atom is 0.432 e. The fourth-order valence-electron chi connectivity index (χ4n) is 1.77. The summed E-state index contributed by atoms with van der Waals surface area (Å²) >= 11 is 5.53. The molecule has 0 aliphatic heterocycles. The van der Waals surface area contributed by atoms with Crippen molar-refractivity contribution in [3.8, 4) is 0 Å². The number of hydrogen-bond donors (Lipinski definition) is 1. The monoisotopic (exact) mass is 303 g/mol. The van der Waals surface area contributed by atoms with Gasteiger partial charge in [-0.05, 0) is 12.0 Å². The third kappa shape index (κ3) is 5.23. The minimum atomic E-state index is -1.49. The molecule has 1 aromatic rings. The molecule has 0 fully saturated rings. The number of hydrogen-bond acceptors (Lipinski definition) is 3. The first-order valence-electron chi connectivity index (χ1n) is 6.07. The molecule has 0 saturated heterocycles. The molecule has 104 valence electrons. The van der Waals surface area contributed by atoms with Crippen LogP contribution in [0.1, 0.15) is 24.8 Å². The van der Waals surface area contributed by atoms with Gasteiger partial charge in [0.25, 0.3) is 5.69 Å². The summed E-state index contributed by atoms with van der Waals surface area (Å²) in [4.78, 5) is 10.2. The van der Waals surface area contributed by atoms with Crippen LogP contribution in [0, 0.1) is 10.1 Å². The molecule has 0 amide bonds. The van der Waals surface area contributed by atoms with Crippen molar-refractivity contribution in [2.45, 2.75) is 19.3 Å². The smallest absolute Gasteiger partial charge is 0.258 e. The van der Waals surface area contributed by atoms with Crippen molar-refractivity contribution in [3.63, 3.8) is 0 Å². The van der Waals surface area contributed by atoms with Crippen molar-refractivity contribution in [2.75, 3.05) is 18.6 Å². The lowest BCUT2D eigenvalue weighted by Crippen LogP contribution is -2.11. The normalized spacial score (nSPS) is 13.1. The van der Waals surface area contributed by atoms with Crippen LogP contribution in [0.5, 0.6) is 0 Å². The number of benzene rings is 1. The summed E-state index contributed by atoms with van der Waals surface area (Å²) in [7, 11) is -1.49. The van der Waals surface area contributed by atoms with E-state index >= 15 is 0 Å². The van der Waals surface area contributed by atoms with Gasteiger partial charge in [0.2, 0.25) is 0 Å². The molecular weight excluding hydrogens is 287 g/mol. The van der Waals surface area contributed by atoms with Gasteiger partial charge in [0.05, 0.1) is 11.5 Å². The number of rotatable bonds is 8. The van der Waals surface area contributed by atoms with Gasteiger partial charge in [0.1, 0.15) is 0 Å². The molecule has 0 saturated carbocycles. The molecule has 7 heteroatoms. The van der Waals surface area contributed by atoms with Gasteiger partial charge in [-0.3, -0.25) is 10.1 Å². The molecule has 5 nitrogen and oxygen atoms in total. The molecular formula is C12H17ClN2O3P+. The number of alkyl halides is 1. The largest absolute Gasteiger partial charge is 0.432 e. The first-order valence-corrected chi connectivity index (χ1v) is 8.04. The summed E-state index contributed by atoms with van der Waals surface area (Å²) in [5, 5.41) is 13.4. The lowest BCUT2D eigenvalue weighted by Gasteiger charge is -2.09. The number of halogens is 1. The van der Waals surface area contributed by atoms with Crippen molar-refractivity contribution in [1.29, 1.82) is 0 Å². The van der Waals surface area contributed by atoms with Gasteiger partial charge < -0.3 is 0 Å². The Labute approximate surface area is 118 Å². The first-order chi connectivity index (χ1) is 9.08. The fraction of sp³-hybridized carbons (Fsp3) is 0.500. The fourth-order valence-corrected chi connectivity index (χ4v) is 3.36. The van der Waals surface area contributed by atoms with Gasteiger partial charge in [-0.1, -0.05) is 23.6 Å². The van der Waals surface area contributed by atoms with Gasteiger partial charge in [-0.15, -0.1) is 16.7 Å². The summed E-state index contributed by atoms with van der Waals surface area (Å²) in [6, 6.07) is 6.43. The second kappa shape index (κ2) is 8.20. The van der Waals surface area contributed by atoms with E-state index in [1.54, 1.807) is 12.1 Å². The topological polar surface area (TPSA) is 72.2 Å². The van der Waals surface area contributed by atoms with E-state index in [1.165, 1.54) is 12.1 Å². The van der Waals surface area contributed by atoms with Gasteiger partial charge in [0.15, 0.2) is 6.16 Å². The zero-order chi connectivity index (χ0) is 14.3. The van der Waals surface area contributed by atoms with Gasteiger partial charge >= 0.3 is 7.95 Å². The zero-order valence-electron chi connectivity index (χ0n) is 10.7. The van der Waals surface area contributed by atoms with Crippen LogP contribution in [0.3, 0.4) is 0 Å². The molecule has 0 aliphatic rings. The van der Waals surface area contributed by atoms with Crippen molar-refractivity contribution in [2.24, 2.45) is 0 Å². The molecule has 19 heavy (non-hydrogen) atoms. The summed E-state index contributed by atoms with van der Waals surface area (Å²) in [5.74, 6) is 0.558. The minimum Gasteiger partial charge on any atom is -0.258 e. The molecule has 0 aliphatic carbocycles. The molecule has 2 atom stereocenters. The molecule has 2 unspecified atom stereocenters. The highest BCUT2D eigenvalue weighted by atomic mass is 35.5. The standard InChI is InChI=1S/C12H17ClN2O3P/c1-2-10(9-19(18)14-8-7-13)11-3-5-12(6-4-11)15(16)17/h3-6,10H,2,7-9H2,1H3,(H,14,18)/q+1. The average Bonchev–Trinajstić information content (AvgIpc) is 2.42. The molecule has 0 radical (unpaired) electrons. The molecule has 1 rings (SSSR count). The molecule has 0 aromatic heterocycles. The molecule has 0 bridgehead atoms. The van der Waals surface area contributed by atoms with Crippen molar-refractivity contribution in [3.05, 3.63) is 39.9 Å². The Bertz CT molecular complexity index is 439. The van der Waals surface area contributed by atoms with Crippen LogP contribution in [0.25, 0.3) is 0 Å². The Morgan fingerprint density at radius 2 is 2.05 bits per heavy atom. The summed E-state index contributed by atoms with van der Waals surface area (Å²) in [6.45, 7) is 2.53. The van der Waals surface area contributed by atoms with Crippen molar-refractivity contribution >= 4 is 25.2 Å². The van der Waals surface area contributed by atoms with Crippen LogP contribution in [0.15, 0.2) is 24.3 Å². The Morgan fingerprint density at radius 1 is 1.42 bits per heavy atom. The minimum absolute atomic E-state index is 0.0725. The molecule has 1 aromatic carbocycles. The van der Waals surface area contributed by atoms with Gasteiger partial charge in [0, 0.05) is 23.9 Å². The predicted molar refractivity (Wildman–Crippen MR) is 77.3 cm³/mol. The second-order valence-corrected chi connectivity index (χ2v) is 5.93. The zero-order valence-corrected chi connectivity index (χ0v) is 12.4. The average molecular weight is 304 g/mol. The Balaban J connectivity index is 2.68. The molecule has 0 heterocycles. The maximum absolute atomic E-state index is 11.8. The summed E-state index contributed by atoms with van der Waals surface area (Å²) < 4.78 is 11.8. The second-order valence-electron chi connectivity index (χ2n) is 4.11. The molecule has 1 N–H and O–H groups in total. The van der Waals surface area contributed by atoms with Gasteiger partial charge in [-0.2, -0.15) is 0 Å². The van der Waals surface area contributed by atoms with E-state index in [4.69, 9.17) is 11.6 Å². The van der Waals surface area contributed by atoms with E-state index in [1.807, 2.05) is 6.92 Å². The lowest BCUT2D eigenvalue weighted by molar-refractivity contribution is -0.384. The van der Waals surface area contributed by atoms with Gasteiger partial charge in [-0.25, -0.2) is 0 Å². The van der Waals surface area contributed by atoms with Crippen LogP contribution in [0.2, 0.25) is 0 Å². The van der Waals surface area contributed by atoms with E-state index in [2.05, 4.69) is 5.09 Å². The SMILES string of the molecule is CCC(C[P+](=O)NCCCl)c1ccc([N+](=O)[O-])cc1. The summed E-state index contributed by atoms with van der Waals surface area (Å²) in [5.41, 5.74) is 1.05. The van der Waals surface area contributed by atoms with Crippen LogP contribution >= 0.6 is 19.6 Å².